The van der Waals surface area contributed by atoms with Crippen LogP contribution in [0.4, 0.5) is 0 Å². The average Bonchev–Trinajstić information content (AvgIpc) is 2.12. The van der Waals surface area contributed by atoms with Crippen molar-refractivity contribution in [1.82, 2.24) is 4.90 Å². The van der Waals surface area contributed by atoms with E-state index in [0.717, 1.165) is 4.90 Å². The van der Waals surface area contributed by atoms with Gasteiger partial charge >= 0.3 is 0 Å². The highest BCUT2D eigenvalue weighted by molar-refractivity contribution is 6.00. The van der Waals surface area contributed by atoms with E-state index in [0.29, 0.717) is 25.8 Å². The highest BCUT2D eigenvalue weighted by Gasteiger charge is 2.31. The van der Waals surface area contributed by atoms with Gasteiger partial charge in [0.2, 0.25) is 11.8 Å². The lowest BCUT2D eigenvalue weighted by molar-refractivity contribution is -0.149. The maximum atomic E-state index is 11.4. The van der Waals surface area contributed by atoms with Crippen molar-refractivity contribution in [3.63, 3.8) is 0 Å². The maximum absolute atomic E-state index is 11.4. The molecule has 0 spiro atoms. The number of hydrogen-bond acceptors (Lipinski definition) is 3. The van der Waals surface area contributed by atoms with E-state index in [1.54, 1.807) is 0 Å². The largest absolute Gasteiger partial charge is 0.320 e. The number of nitrogens with two attached hydrogens (primary N) is 1. The zero-order chi connectivity index (χ0) is 9.84. The molecule has 1 atom stereocenters. The van der Waals surface area contributed by atoms with E-state index in [1.165, 1.54) is 0 Å². The van der Waals surface area contributed by atoms with E-state index in [4.69, 9.17) is 12.2 Å². The summed E-state index contributed by atoms with van der Waals surface area (Å²) in [6.45, 7) is 0.294. The quantitative estimate of drug-likeness (QED) is 0.459. The van der Waals surface area contributed by atoms with Gasteiger partial charge in [0.25, 0.3) is 0 Å². The molecule has 4 heteroatoms. The summed E-state index contributed by atoms with van der Waals surface area (Å²) in [5.41, 5.74) is 5.51. The first-order chi connectivity index (χ1) is 6.16. The van der Waals surface area contributed by atoms with Gasteiger partial charge in [-0.2, -0.15) is 0 Å². The summed E-state index contributed by atoms with van der Waals surface area (Å²) < 4.78 is 0. The number of amides is 2. The van der Waals surface area contributed by atoms with Crippen LogP contribution in [0.3, 0.4) is 0 Å². The van der Waals surface area contributed by atoms with E-state index >= 15 is 0 Å². The smallest absolute Gasteiger partial charge is 0.246 e. The first-order valence-corrected chi connectivity index (χ1v) is 4.20. The van der Waals surface area contributed by atoms with Gasteiger partial charge in [0.05, 0.1) is 6.04 Å². The van der Waals surface area contributed by atoms with Crippen molar-refractivity contribution in [3.05, 3.63) is 0 Å². The van der Waals surface area contributed by atoms with Crippen molar-refractivity contribution < 1.29 is 9.59 Å². The summed E-state index contributed by atoms with van der Waals surface area (Å²) in [4.78, 5) is 23.8. The van der Waals surface area contributed by atoms with E-state index in [9.17, 15) is 9.59 Å². The standard InChI is InChI=1S/C9H12N2O2/c1-2-3-6-11-8(12)5-4-7(10)9(11)13/h1,7H,3-6,10H2. The van der Waals surface area contributed by atoms with Gasteiger partial charge in [-0.15, -0.1) is 12.3 Å². The second kappa shape index (κ2) is 4.06. The Kier molecular flexibility index (Phi) is 3.04. The van der Waals surface area contributed by atoms with Crippen LogP contribution < -0.4 is 5.73 Å². The number of nitrogens with zero attached hydrogens (tertiary/aromatic N) is 1. The molecule has 2 N–H and O–H groups in total. The molecule has 1 fully saturated rings. The first kappa shape index (κ1) is 9.75. The second-order valence-electron chi connectivity index (χ2n) is 2.98. The molecule has 0 aromatic heterocycles. The maximum Gasteiger partial charge on any atom is 0.246 e. The molecule has 1 heterocycles. The Morgan fingerprint density at radius 2 is 2.31 bits per heavy atom. The summed E-state index contributed by atoms with van der Waals surface area (Å²) in [5, 5.41) is 0. The molecule has 13 heavy (non-hydrogen) atoms. The fraction of sp³-hybridized carbons (Fsp3) is 0.556. The zero-order valence-electron chi connectivity index (χ0n) is 7.32. The topological polar surface area (TPSA) is 63.4 Å². The van der Waals surface area contributed by atoms with Gasteiger partial charge in [0.15, 0.2) is 0 Å². The number of imide groups is 1. The van der Waals surface area contributed by atoms with Crippen LogP contribution in [0.2, 0.25) is 0 Å². The Bertz CT molecular complexity index is 267. The normalized spacial score (nSPS) is 23.1. The summed E-state index contributed by atoms with van der Waals surface area (Å²) >= 11 is 0. The molecule has 1 rings (SSSR count). The predicted molar refractivity (Wildman–Crippen MR) is 47.4 cm³/mol. The third kappa shape index (κ3) is 2.07. The number of terminal acetylenes is 1. The molecule has 0 bridgehead atoms. The molecular weight excluding hydrogens is 168 g/mol. The molecule has 4 nitrogen and oxygen atoms in total. The van der Waals surface area contributed by atoms with Crippen LogP contribution in [0.15, 0.2) is 0 Å². The van der Waals surface area contributed by atoms with E-state index < -0.39 is 6.04 Å². The Hall–Kier alpha value is -1.34. The van der Waals surface area contributed by atoms with Crippen LogP contribution in [0.25, 0.3) is 0 Å². The molecule has 0 aromatic carbocycles. The highest BCUT2D eigenvalue weighted by Crippen LogP contribution is 2.11. The Balaban J connectivity index is 2.62. The van der Waals surface area contributed by atoms with Crippen molar-refractivity contribution in [2.24, 2.45) is 5.73 Å². The number of hydrogen-bond donors (Lipinski definition) is 1. The van der Waals surface area contributed by atoms with Crippen molar-refractivity contribution in [3.8, 4) is 12.3 Å². The fourth-order valence-corrected chi connectivity index (χ4v) is 1.27. The minimum absolute atomic E-state index is 0.165. The number of rotatable bonds is 2. The monoisotopic (exact) mass is 180 g/mol. The molecule has 1 saturated heterocycles. The highest BCUT2D eigenvalue weighted by atomic mass is 16.2. The minimum Gasteiger partial charge on any atom is -0.320 e. The lowest BCUT2D eigenvalue weighted by Gasteiger charge is -2.27. The van der Waals surface area contributed by atoms with Crippen molar-refractivity contribution >= 4 is 11.8 Å². The Morgan fingerprint density at radius 3 is 2.92 bits per heavy atom. The van der Waals surface area contributed by atoms with Gasteiger partial charge < -0.3 is 5.73 Å². The number of carbonyl (C=O) groups excluding carboxylic acids is 2. The molecule has 2 amide bonds. The molecule has 1 aliphatic heterocycles. The van der Waals surface area contributed by atoms with Gasteiger partial charge in [-0.3, -0.25) is 14.5 Å². The SMILES string of the molecule is C#CCCN1C(=O)CCC(N)C1=O. The molecule has 70 valence electrons. The summed E-state index contributed by atoms with van der Waals surface area (Å²) in [6.07, 6.45) is 6.23. The Labute approximate surface area is 77.1 Å². The van der Waals surface area contributed by atoms with Crippen LogP contribution >= 0.6 is 0 Å². The molecule has 1 unspecified atom stereocenters. The molecule has 0 radical (unpaired) electrons. The van der Waals surface area contributed by atoms with Crippen LogP contribution in [-0.2, 0) is 9.59 Å². The summed E-state index contributed by atoms with van der Waals surface area (Å²) in [6, 6.07) is -0.532. The van der Waals surface area contributed by atoms with Gasteiger partial charge in [0.1, 0.15) is 0 Å². The van der Waals surface area contributed by atoms with Gasteiger partial charge in [-0.05, 0) is 6.42 Å². The molecule has 0 saturated carbocycles. The van der Waals surface area contributed by atoms with E-state index in [1.807, 2.05) is 0 Å². The average molecular weight is 180 g/mol. The molecule has 1 aliphatic rings. The fourth-order valence-electron chi connectivity index (χ4n) is 1.27. The summed E-state index contributed by atoms with van der Waals surface area (Å²) in [5.74, 6) is 1.92. The van der Waals surface area contributed by atoms with Crippen molar-refractivity contribution in [2.45, 2.75) is 25.3 Å². The number of likely N-dealkylation sites (tertiary alicyclic amines) is 1. The zero-order valence-corrected chi connectivity index (χ0v) is 7.32. The molecular formula is C9H12N2O2. The lowest BCUT2D eigenvalue weighted by atomic mass is 10.1. The van der Waals surface area contributed by atoms with Gasteiger partial charge in [-0.25, -0.2) is 0 Å². The van der Waals surface area contributed by atoms with Gasteiger partial charge in [-0.1, -0.05) is 0 Å². The molecule has 0 aliphatic carbocycles. The molecule has 0 aromatic rings. The van der Waals surface area contributed by atoms with Crippen LogP contribution in [-0.4, -0.2) is 29.3 Å². The Morgan fingerprint density at radius 1 is 1.62 bits per heavy atom. The first-order valence-electron chi connectivity index (χ1n) is 4.20. The third-order valence-electron chi connectivity index (χ3n) is 2.03. The van der Waals surface area contributed by atoms with E-state index in [-0.39, 0.29) is 11.8 Å². The van der Waals surface area contributed by atoms with Crippen molar-refractivity contribution in [2.75, 3.05) is 6.54 Å². The third-order valence-corrected chi connectivity index (χ3v) is 2.03. The van der Waals surface area contributed by atoms with Crippen molar-refractivity contribution in [1.29, 1.82) is 0 Å². The summed E-state index contributed by atoms with van der Waals surface area (Å²) in [7, 11) is 0. The van der Waals surface area contributed by atoms with E-state index in [2.05, 4.69) is 5.92 Å². The number of piperidine rings is 1. The van der Waals surface area contributed by atoms with Gasteiger partial charge in [0, 0.05) is 19.4 Å². The predicted octanol–water partition coefficient (Wildman–Crippen LogP) is -0.514. The minimum atomic E-state index is -0.532. The number of carbonyl (C=O) groups is 2. The lowest BCUT2D eigenvalue weighted by Crippen LogP contribution is -2.51. The van der Waals surface area contributed by atoms with Crippen LogP contribution in [0.1, 0.15) is 19.3 Å². The van der Waals surface area contributed by atoms with Crippen LogP contribution in [0, 0.1) is 12.3 Å². The second-order valence-corrected chi connectivity index (χ2v) is 2.98. The van der Waals surface area contributed by atoms with Crippen LogP contribution in [0.5, 0.6) is 0 Å².